The minimum atomic E-state index is -0.416. The molecule has 2 aromatic carbocycles. The summed E-state index contributed by atoms with van der Waals surface area (Å²) in [6, 6.07) is 15.4. The second kappa shape index (κ2) is 9.56. The number of rotatable bonds is 5. The third-order valence-electron chi connectivity index (χ3n) is 5.22. The maximum atomic E-state index is 13.3. The first kappa shape index (κ1) is 20.9. The van der Waals surface area contributed by atoms with Gasteiger partial charge < -0.3 is 15.0 Å². The van der Waals surface area contributed by atoms with E-state index in [-0.39, 0.29) is 12.0 Å². The van der Waals surface area contributed by atoms with Crippen molar-refractivity contribution < 1.29 is 14.3 Å². The molecule has 1 aliphatic rings. The Bertz CT molecular complexity index is 846. The van der Waals surface area contributed by atoms with E-state index in [2.05, 4.69) is 10.2 Å². The highest BCUT2D eigenvalue weighted by molar-refractivity contribution is 5.96. The zero-order chi connectivity index (χ0) is 20.8. The van der Waals surface area contributed by atoms with E-state index in [0.717, 1.165) is 22.4 Å². The molecule has 2 aromatic rings. The Kier molecular flexibility index (Phi) is 6.88. The molecule has 1 aliphatic heterocycles. The van der Waals surface area contributed by atoms with Crippen LogP contribution in [0.15, 0.2) is 48.5 Å². The number of nitrogens with zero attached hydrogens (tertiary/aromatic N) is 2. The number of ether oxygens (including phenoxy) is 1. The molecule has 1 N–H and O–H groups in total. The second-order valence-corrected chi connectivity index (χ2v) is 7.34. The molecule has 6 heteroatoms. The minimum Gasteiger partial charge on any atom is -0.450 e. The van der Waals surface area contributed by atoms with Gasteiger partial charge >= 0.3 is 6.09 Å². The summed E-state index contributed by atoms with van der Waals surface area (Å²) in [5, 5.41) is 3.12. The van der Waals surface area contributed by atoms with Gasteiger partial charge in [0.2, 0.25) is 5.91 Å². The standard InChI is InChI=1S/C23H29N3O3/c1-4-29-23(28)26-14-12-25(13-15-26)21(19-8-6-5-7-9-19)22(27)24-20-16-17(2)10-11-18(20)3/h5-11,16,21H,4,12-15H2,1-3H3,(H,24,27)/t21-/m0/s1. The Hall–Kier alpha value is -2.86. The van der Waals surface area contributed by atoms with Crippen LogP contribution in [0, 0.1) is 13.8 Å². The third kappa shape index (κ3) is 5.15. The number of hydrogen-bond acceptors (Lipinski definition) is 4. The highest BCUT2D eigenvalue weighted by Gasteiger charge is 2.32. The maximum Gasteiger partial charge on any atom is 0.409 e. The molecule has 1 fully saturated rings. The number of piperazine rings is 1. The summed E-state index contributed by atoms with van der Waals surface area (Å²) in [4.78, 5) is 29.2. The molecule has 0 bridgehead atoms. The summed E-state index contributed by atoms with van der Waals surface area (Å²) in [5.41, 5.74) is 3.91. The van der Waals surface area contributed by atoms with Crippen molar-refractivity contribution in [3.05, 3.63) is 65.2 Å². The number of carbonyl (C=O) groups excluding carboxylic acids is 2. The maximum absolute atomic E-state index is 13.3. The molecule has 0 spiro atoms. The summed E-state index contributed by atoms with van der Waals surface area (Å²) >= 11 is 0. The molecule has 1 saturated heterocycles. The van der Waals surface area contributed by atoms with Gasteiger partial charge in [0, 0.05) is 31.9 Å². The van der Waals surface area contributed by atoms with Gasteiger partial charge in [-0.15, -0.1) is 0 Å². The molecule has 0 radical (unpaired) electrons. The summed E-state index contributed by atoms with van der Waals surface area (Å²) < 4.78 is 5.10. The average Bonchev–Trinajstić information content (AvgIpc) is 2.72. The molecule has 1 heterocycles. The van der Waals surface area contributed by atoms with Crippen molar-refractivity contribution in [2.75, 3.05) is 38.1 Å². The molecular weight excluding hydrogens is 366 g/mol. The first-order chi connectivity index (χ1) is 14.0. The Morgan fingerprint density at radius 1 is 1.03 bits per heavy atom. The Morgan fingerprint density at radius 3 is 2.38 bits per heavy atom. The van der Waals surface area contributed by atoms with Crippen LogP contribution in [0.3, 0.4) is 0 Å². The van der Waals surface area contributed by atoms with Crippen molar-refractivity contribution in [1.29, 1.82) is 0 Å². The third-order valence-corrected chi connectivity index (χ3v) is 5.22. The topological polar surface area (TPSA) is 61.9 Å². The lowest BCUT2D eigenvalue weighted by Gasteiger charge is -2.38. The predicted molar refractivity (Wildman–Crippen MR) is 114 cm³/mol. The van der Waals surface area contributed by atoms with Gasteiger partial charge in [0.15, 0.2) is 0 Å². The van der Waals surface area contributed by atoms with Gasteiger partial charge in [0.1, 0.15) is 6.04 Å². The number of benzene rings is 2. The number of hydrogen-bond donors (Lipinski definition) is 1. The van der Waals surface area contributed by atoms with Crippen LogP contribution < -0.4 is 5.32 Å². The van der Waals surface area contributed by atoms with E-state index in [4.69, 9.17) is 4.74 Å². The van der Waals surface area contributed by atoms with Crippen LogP contribution >= 0.6 is 0 Å². The molecular formula is C23H29N3O3. The van der Waals surface area contributed by atoms with Crippen molar-refractivity contribution in [1.82, 2.24) is 9.80 Å². The van der Waals surface area contributed by atoms with E-state index in [1.165, 1.54) is 0 Å². The fourth-order valence-corrected chi connectivity index (χ4v) is 3.61. The van der Waals surface area contributed by atoms with E-state index >= 15 is 0 Å². The van der Waals surface area contributed by atoms with Gasteiger partial charge in [0.25, 0.3) is 0 Å². The van der Waals surface area contributed by atoms with Gasteiger partial charge in [-0.1, -0.05) is 42.5 Å². The van der Waals surface area contributed by atoms with Gasteiger partial charge in [-0.2, -0.15) is 0 Å². The molecule has 6 nitrogen and oxygen atoms in total. The minimum absolute atomic E-state index is 0.0607. The highest BCUT2D eigenvalue weighted by Crippen LogP contribution is 2.26. The molecule has 29 heavy (non-hydrogen) atoms. The van der Waals surface area contributed by atoms with Crippen molar-refractivity contribution in [2.45, 2.75) is 26.8 Å². The first-order valence-corrected chi connectivity index (χ1v) is 10.1. The number of carbonyl (C=O) groups is 2. The van der Waals surface area contributed by atoms with Crippen LogP contribution in [0.25, 0.3) is 0 Å². The van der Waals surface area contributed by atoms with Crippen LogP contribution in [-0.2, 0) is 9.53 Å². The number of anilines is 1. The highest BCUT2D eigenvalue weighted by atomic mass is 16.6. The van der Waals surface area contributed by atoms with Gasteiger partial charge in [-0.3, -0.25) is 9.69 Å². The van der Waals surface area contributed by atoms with E-state index < -0.39 is 6.04 Å². The molecule has 3 rings (SSSR count). The van der Waals surface area contributed by atoms with Gasteiger partial charge in [0.05, 0.1) is 6.61 Å². The lowest BCUT2D eigenvalue weighted by Crippen LogP contribution is -2.51. The Labute approximate surface area is 172 Å². The summed E-state index contributed by atoms with van der Waals surface area (Å²) in [6.45, 7) is 8.47. The van der Waals surface area contributed by atoms with Crippen LogP contribution in [0.2, 0.25) is 0 Å². The largest absolute Gasteiger partial charge is 0.450 e. The predicted octanol–water partition coefficient (Wildman–Crippen LogP) is 3.76. The quantitative estimate of drug-likeness (QED) is 0.837. The summed E-state index contributed by atoms with van der Waals surface area (Å²) in [5.74, 6) is -0.0607. The molecule has 2 amide bonds. The second-order valence-electron chi connectivity index (χ2n) is 7.34. The van der Waals surface area contributed by atoms with Crippen LogP contribution in [-0.4, -0.2) is 54.6 Å². The average molecular weight is 396 g/mol. The van der Waals surface area contributed by atoms with Crippen LogP contribution in [0.1, 0.15) is 29.7 Å². The van der Waals surface area contributed by atoms with Crippen molar-refractivity contribution in [3.8, 4) is 0 Å². The molecule has 0 unspecified atom stereocenters. The smallest absolute Gasteiger partial charge is 0.409 e. The first-order valence-electron chi connectivity index (χ1n) is 10.1. The van der Waals surface area contributed by atoms with Gasteiger partial charge in [-0.25, -0.2) is 4.79 Å². The SMILES string of the molecule is CCOC(=O)N1CCN([C@H](C(=O)Nc2cc(C)ccc2C)c2ccccc2)CC1. The van der Waals surface area contributed by atoms with Crippen molar-refractivity contribution in [3.63, 3.8) is 0 Å². The number of amides is 2. The van der Waals surface area contributed by atoms with E-state index in [9.17, 15) is 9.59 Å². The van der Waals surface area contributed by atoms with E-state index in [1.54, 1.807) is 11.8 Å². The van der Waals surface area contributed by atoms with Crippen molar-refractivity contribution >= 4 is 17.7 Å². The molecule has 0 aliphatic carbocycles. The Balaban J connectivity index is 1.78. The molecule has 0 saturated carbocycles. The van der Waals surface area contributed by atoms with E-state index in [1.807, 2.05) is 62.4 Å². The van der Waals surface area contributed by atoms with Crippen LogP contribution in [0.5, 0.6) is 0 Å². The Morgan fingerprint density at radius 2 is 1.72 bits per heavy atom. The fraction of sp³-hybridized carbons (Fsp3) is 0.391. The molecule has 0 aromatic heterocycles. The zero-order valence-electron chi connectivity index (χ0n) is 17.4. The number of aryl methyl sites for hydroxylation is 2. The van der Waals surface area contributed by atoms with Crippen LogP contribution in [0.4, 0.5) is 10.5 Å². The fourth-order valence-electron chi connectivity index (χ4n) is 3.61. The summed E-state index contributed by atoms with van der Waals surface area (Å²) in [7, 11) is 0. The lowest BCUT2D eigenvalue weighted by molar-refractivity contribution is -0.122. The number of nitrogens with one attached hydrogen (secondary N) is 1. The zero-order valence-corrected chi connectivity index (χ0v) is 17.4. The summed E-state index contributed by atoms with van der Waals surface area (Å²) in [6.07, 6.45) is -0.289. The monoisotopic (exact) mass is 395 g/mol. The molecule has 1 atom stereocenters. The molecule has 154 valence electrons. The van der Waals surface area contributed by atoms with E-state index in [0.29, 0.717) is 32.8 Å². The van der Waals surface area contributed by atoms with Crippen molar-refractivity contribution in [2.24, 2.45) is 0 Å². The normalized spacial score (nSPS) is 15.6. The lowest BCUT2D eigenvalue weighted by atomic mass is 10.0. The van der Waals surface area contributed by atoms with Gasteiger partial charge in [-0.05, 0) is 43.5 Å².